The van der Waals surface area contributed by atoms with Crippen LogP contribution in [0.4, 0.5) is 24.7 Å². The Balaban J connectivity index is 1.39. The van der Waals surface area contributed by atoms with Crippen LogP contribution in [-0.2, 0) is 27.3 Å². The number of thiazole rings is 1. The number of hydrogen-bond donors (Lipinski definition) is 3. The molecule has 2 aliphatic rings. The summed E-state index contributed by atoms with van der Waals surface area (Å²) in [6.07, 6.45) is 2.44. The van der Waals surface area contributed by atoms with Crippen LogP contribution in [0.5, 0.6) is 5.75 Å². The number of fused-ring (bicyclic) bond motifs is 1. The molecule has 2 fully saturated rings. The number of carbonyl (C=O) groups excluding carboxylic acids is 1. The second-order valence-electron chi connectivity index (χ2n) is 9.54. The molecule has 0 radical (unpaired) electrons. The SMILES string of the molecule is COc1cc2c(N)nccc2cc1C[C@H](C(=O)O)N1CC[C@H](N(c2cnc(N3CCC(F)(F)C3)s2)S(=O)O)C1=O. The van der Waals surface area contributed by atoms with Crippen molar-refractivity contribution in [2.75, 3.05) is 41.7 Å². The van der Waals surface area contributed by atoms with Gasteiger partial charge in [-0.25, -0.2) is 32.1 Å². The Morgan fingerprint density at radius 3 is 2.80 bits per heavy atom. The van der Waals surface area contributed by atoms with Gasteiger partial charge in [-0.1, -0.05) is 11.3 Å². The van der Waals surface area contributed by atoms with E-state index in [1.165, 1.54) is 29.3 Å². The minimum Gasteiger partial charge on any atom is -0.496 e. The third-order valence-electron chi connectivity index (χ3n) is 7.07. The zero-order valence-corrected chi connectivity index (χ0v) is 22.8. The van der Waals surface area contributed by atoms with Crippen molar-refractivity contribution in [1.82, 2.24) is 14.9 Å². The van der Waals surface area contributed by atoms with E-state index >= 15 is 0 Å². The average molecular weight is 597 g/mol. The van der Waals surface area contributed by atoms with Gasteiger partial charge < -0.3 is 25.4 Å². The van der Waals surface area contributed by atoms with Crippen molar-refractivity contribution < 1.29 is 37.0 Å². The number of nitrogens with zero attached hydrogens (tertiary/aromatic N) is 5. The Morgan fingerprint density at radius 2 is 2.15 bits per heavy atom. The first-order valence-electron chi connectivity index (χ1n) is 12.2. The lowest BCUT2D eigenvalue weighted by molar-refractivity contribution is -0.148. The number of pyridine rings is 1. The van der Waals surface area contributed by atoms with Crippen molar-refractivity contribution in [2.24, 2.45) is 0 Å². The van der Waals surface area contributed by atoms with Crippen molar-refractivity contribution in [1.29, 1.82) is 0 Å². The number of nitrogens with two attached hydrogens (primary N) is 1. The quantitative estimate of drug-likeness (QED) is 0.313. The number of anilines is 3. The molecule has 2 aromatic heterocycles. The van der Waals surface area contributed by atoms with Gasteiger partial charge in [-0.3, -0.25) is 9.35 Å². The molecule has 2 saturated heterocycles. The van der Waals surface area contributed by atoms with Crippen molar-refractivity contribution in [3.63, 3.8) is 0 Å². The monoisotopic (exact) mass is 596 g/mol. The van der Waals surface area contributed by atoms with Gasteiger partial charge in [0, 0.05) is 37.5 Å². The summed E-state index contributed by atoms with van der Waals surface area (Å²) in [6, 6.07) is 2.68. The number of methoxy groups -OCH3 is 1. The van der Waals surface area contributed by atoms with Crippen LogP contribution in [0.25, 0.3) is 10.8 Å². The second kappa shape index (κ2) is 10.7. The molecular formula is C24H26F2N6O6S2. The van der Waals surface area contributed by atoms with Gasteiger partial charge in [-0.2, -0.15) is 0 Å². The molecule has 0 bridgehead atoms. The molecule has 0 aliphatic carbocycles. The first kappa shape index (κ1) is 27.9. The van der Waals surface area contributed by atoms with Crippen LogP contribution in [0, 0.1) is 0 Å². The van der Waals surface area contributed by atoms with Gasteiger partial charge in [0.15, 0.2) is 5.13 Å². The Bertz CT molecular complexity index is 1490. The average Bonchev–Trinajstić information content (AvgIpc) is 3.61. The zero-order chi connectivity index (χ0) is 28.8. The molecule has 2 aliphatic heterocycles. The molecule has 1 unspecified atom stereocenters. The molecule has 3 atom stereocenters. The lowest BCUT2D eigenvalue weighted by Gasteiger charge is -2.27. The fraction of sp³-hybridized carbons (Fsp3) is 0.417. The van der Waals surface area contributed by atoms with E-state index in [0.717, 1.165) is 21.0 Å². The third kappa shape index (κ3) is 5.25. The van der Waals surface area contributed by atoms with E-state index in [1.807, 2.05) is 0 Å². The highest BCUT2D eigenvalue weighted by Gasteiger charge is 2.45. The summed E-state index contributed by atoms with van der Waals surface area (Å²) < 4.78 is 56.2. The lowest BCUT2D eigenvalue weighted by atomic mass is 10.00. The maximum Gasteiger partial charge on any atom is 0.326 e. The minimum absolute atomic E-state index is 0.0188. The van der Waals surface area contributed by atoms with Crippen LogP contribution >= 0.6 is 11.3 Å². The molecule has 12 nitrogen and oxygen atoms in total. The number of likely N-dealkylation sites (tertiary alicyclic amines) is 1. The minimum atomic E-state index is -2.85. The van der Waals surface area contributed by atoms with E-state index < -0.39 is 47.7 Å². The number of hydrogen-bond acceptors (Lipinski definition) is 9. The van der Waals surface area contributed by atoms with Crippen LogP contribution in [0.2, 0.25) is 0 Å². The number of carbonyl (C=O) groups is 2. The summed E-state index contributed by atoms with van der Waals surface area (Å²) in [6.45, 7) is -0.412. The molecule has 40 heavy (non-hydrogen) atoms. The highest BCUT2D eigenvalue weighted by atomic mass is 32.2. The maximum absolute atomic E-state index is 13.7. The first-order chi connectivity index (χ1) is 19.0. The van der Waals surface area contributed by atoms with Crippen LogP contribution in [-0.4, -0.2) is 85.4 Å². The summed E-state index contributed by atoms with van der Waals surface area (Å²) in [4.78, 5) is 36.6. The number of halogens is 2. The van der Waals surface area contributed by atoms with E-state index in [9.17, 15) is 32.2 Å². The highest BCUT2D eigenvalue weighted by molar-refractivity contribution is 7.81. The van der Waals surface area contributed by atoms with E-state index in [1.54, 1.807) is 18.2 Å². The van der Waals surface area contributed by atoms with Gasteiger partial charge in [-0.15, -0.1) is 0 Å². The van der Waals surface area contributed by atoms with E-state index in [-0.39, 0.29) is 48.3 Å². The second-order valence-corrected chi connectivity index (χ2v) is 11.4. The molecule has 5 rings (SSSR count). The summed E-state index contributed by atoms with van der Waals surface area (Å²) >= 11 is -1.75. The van der Waals surface area contributed by atoms with Crippen molar-refractivity contribution in [3.8, 4) is 5.75 Å². The number of rotatable bonds is 9. The van der Waals surface area contributed by atoms with Gasteiger partial charge in [-0.05, 0) is 35.6 Å². The molecular weight excluding hydrogens is 570 g/mol. The number of aliphatic carboxylic acids is 1. The largest absolute Gasteiger partial charge is 0.496 e. The van der Waals surface area contributed by atoms with Crippen LogP contribution in [0.3, 0.4) is 0 Å². The number of carboxylic acids is 1. The summed E-state index contributed by atoms with van der Waals surface area (Å²) in [5.74, 6) is -4.08. The predicted molar refractivity (Wildman–Crippen MR) is 145 cm³/mol. The Hall–Kier alpha value is -3.63. The molecule has 4 N–H and O–H groups in total. The smallest absolute Gasteiger partial charge is 0.326 e. The Labute approximate surface area is 233 Å². The van der Waals surface area contributed by atoms with Gasteiger partial charge >= 0.3 is 5.97 Å². The van der Waals surface area contributed by atoms with Gasteiger partial charge in [0.05, 0.1) is 19.9 Å². The lowest BCUT2D eigenvalue weighted by Crippen LogP contribution is -2.48. The van der Waals surface area contributed by atoms with E-state index in [0.29, 0.717) is 16.7 Å². The normalized spacial score (nSPS) is 20.2. The van der Waals surface area contributed by atoms with E-state index in [2.05, 4.69) is 9.97 Å². The number of benzene rings is 1. The molecule has 1 aromatic carbocycles. The van der Waals surface area contributed by atoms with Gasteiger partial charge in [0.25, 0.3) is 17.2 Å². The van der Waals surface area contributed by atoms with Crippen molar-refractivity contribution in [3.05, 3.63) is 36.2 Å². The molecule has 16 heteroatoms. The topological polar surface area (TPSA) is 162 Å². The number of nitrogen functional groups attached to an aromatic ring is 1. The number of carboxylic acid groups (broad SMARTS) is 1. The fourth-order valence-corrected chi connectivity index (χ4v) is 6.93. The molecule has 1 amide bonds. The van der Waals surface area contributed by atoms with Crippen molar-refractivity contribution in [2.45, 2.75) is 37.3 Å². The van der Waals surface area contributed by atoms with Gasteiger partial charge in [0.2, 0.25) is 5.91 Å². The van der Waals surface area contributed by atoms with Crippen LogP contribution in [0.1, 0.15) is 18.4 Å². The van der Waals surface area contributed by atoms with E-state index in [4.69, 9.17) is 10.5 Å². The maximum atomic E-state index is 13.7. The number of aromatic nitrogens is 2. The Kier molecular flexibility index (Phi) is 7.50. The Morgan fingerprint density at radius 1 is 1.38 bits per heavy atom. The van der Waals surface area contributed by atoms with Crippen LogP contribution in [0.15, 0.2) is 30.6 Å². The molecule has 0 saturated carbocycles. The first-order valence-corrected chi connectivity index (χ1v) is 14.1. The summed E-state index contributed by atoms with van der Waals surface area (Å²) in [5.41, 5.74) is 6.49. The van der Waals surface area contributed by atoms with Crippen LogP contribution < -0.4 is 19.7 Å². The number of ether oxygens (including phenoxy) is 1. The standard InChI is InChI=1S/C24H26F2N6O6S2/c1-38-18-10-15-13(2-5-28-20(15)27)8-14(18)9-17(22(34)35)31-6-3-16(21(31)33)32(40(36)37)19-11-29-23(39-19)30-7-4-24(25,26)12-30/h2,5,8,10-11,16-17H,3-4,6-7,9,12H2,1H3,(H2,27,28)(H,34,35)(H,36,37)/t16-,17+/m0/s1. The molecule has 4 heterocycles. The molecule has 0 spiro atoms. The number of alkyl halides is 2. The van der Waals surface area contributed by atoms with Gasteiger partial charge in [0.1, 0.15) is 28.7 Å². The highest BCUT2D eigenvalue weighted by Crippen LogP contribution is 2.38. The zero-order valence-electron chi connectivity index (χ0n) is 21.2. The number of amides is 1. The fourth-order valence-electron chi connectivity index (χ4n) is 5.12. The molecule has 3 aromatic rings. The summed E-state index contributed by atoms with van der Waals surface area (Å²) in [7, 11) is 1.44. The summed E-state index contributed by atoms with van der Waals surface area (Å²) in [5, 5.41) is 11.8. The van der Waals surface area contributed by atoms with Crippen molar-refractivity contribution >= 4 is 61.2 Å². The predicted octanol–water partition coefficient (Wildman–Crippen LogP) is 2.37. The molecule has 214 valence electrons. The third-order valence-corrected chi connectivity index (χ3v) is 9.03.